The van der Waals surface area contributed by atoms with E-state index in [1.807, 2.05) is 32.2 Å². The van der Waals surface area contributed by atoms with Gasteiger partial charge in [0.2, 0.25) is 10.0 Å². The van der Waals surface area contributed by atoms with Crippen molar-refractivity contribution in [2.75, 3.05) is 14.1 Å². The normalized spacial score (nSPS) is 13.0. The smallest absolute Gasteiger partial charge is 0.268 e. The van der Waals surface area contributed by atoms with Crippen molar-refractivity contribution >= 4 is 26.8 Å². The third-order valence-corrected chi connectivity index (χ3v) is 6.92. The van der Waals surface area contributed by atoms with Gasteiger partial charge in [-0.3, -0.25) is 4.79 Å². The molecule has 1 heterocycles. The lowest BCUT2D eigenvalue weighted by Gasteiger charge is -2.14. The summed E-state index contributed by atoms with van der Waals surface area (Å²) in [4.78, 5) is 13.0. The fourth-order valence-electron chi connectivity index (χ4n) is 3.31. The largest absolute Gasteiger partial charge is 0.348 e. The van der Waals surface area contributed by atoms with E-state index in [4.69, 9.17) is 0 Å². The molecule has 0 saturated heterocycles. The lowest BCUT2D eigenvalue weighted by atomic mass is 10.1. The van der Waals surface area contributed by atoms with E-state index < -0.39 is 10.0 Å². The second kappa shape index (κ2) is 8.39. The van der Waals surface area contributed by atoms with Gasteiger partial charge in [-0.05, 0) is 49.6 Å². The van der Waals surface area contributed by atoms with E-state index >= 15 is 0 Å². The van der Waals surface area contributed by atoms with Crippen molar-refractivity contribution in [1.29, 1.82) is 0 Å². The lowest BCUT2D eigenvalue weighted by Crippen LogP contribution is -2.33. The number of carbonyl (C=O) groups is 1. The molecule has 0 bridgehead atoms. The van der Waals surface area contributed by atoms with Gasteiger partial charge in [-0.1, -0.05) is 30.3 Å². The molecule has 1 amide bonds. The van der Waals surface area contributed by atoms with Gasteiger partial charge in [0, 0.05) is 38.1 Å². The number of rotatable bonds is 7. The number of sulfonamides is 1. The van der Waals surface area contributed by atoms with Crippen LogP contribution in [0.15, 0.2) is 59.5 Å². The molecule has 1 atom stereocenters. The van der Waals surface area contributed by atoms with Crippen LogP contribution in [0, 0.1) is 0 Å². The number of fused-ring (bicyclic) bond motifs is 1. The molecule has 3 aromatic rings. The van der Waals surface area contributed by atoms with E-state index in [9.17, 15) is 13.2 Å². The second-order valence-corrected chi connectivity index (χ2v) is 9.65. The fourth-order valence-corrected chi connectivity index (χ4v) is 4.25. The van der Waals surface area contributed by atoms with Crippen LogP contribution in [0.1, 0.15) is 29.4 Å². The zero-order chi connectivity index (χ0) is 21.2. The summed E-state index contributed by atoms with van der Waals surface area (Å²) in [6.07, 6.45) is 1.73. The molecule has 0 fully saturated rings. The summed E-state index contributed by atoms with van der Waals surface area (Å²) in [5.41, 5.74) is 2.56. The van der Waals surface area contributed by atoms with E-state index in [0.29, 0.717) is 5.69 Å². The molecule has 29 heavy (non-hydrogen) atoms. The van der Waals surface area contributed by atoms with Crippen LogP contribution in [0.5, 0.6) is 0 Å². The van der Waals surface area contributed by atoms with Crippen LogP contribution in [0.25, 0.3) is 10.9 Å². The Morgan fingerprint density at radius 1 is 1.10 bits per heavy atom. The van der Waals surface area contributed by atoms with E-state index in [1.54, 1.807) is 28.8 Å². The van der Waals surface area contributed by atoms with Gasteiger partial charge in [0.15, 0.2) is 0 Å². The van der Waals surface area contributed by atoms with Gasteiger partial charge in [-0.25, -0.2) is 12.7 Å². The van der Waals surface area contributed by atoms with Gasteiger partial charge < -0.3 is 9.88 Å². The first-order valence-corrected chi connectivity index (χ1v) is 11.0. The maximum Gasteiger partial charge on any atom is 0.268 e. The van der Waals surface area contributed by atoms with Crippen molar-refractivity contribution in [1.82, 2.24) is 14.2 Å². The minimum atomic E-state index is -3.52. The van der Waals surface area contributed by atoms with E-state index in [0.717, 1.165) is 23.7 Å². The molecule has 0 saturated carbocycles. The lowest BCUT2D eigenvalue weighted by molar-refractivity contribution is 0.0930. The Balaban J connectivity index is 1.76. The zero-order valence-electron chi connectivity index (χ0n) is 17.2. The highest BCUT2D eigenvalue weighted by molar-refractivity contribution is 7.89. The molecule has 154 valence electrons. The maximum absolute atomic E-state index is 12.8. The SMILES string of the molecule is C[C@@H](CCc1ccccc1)NC(=O)c1cc2cc(S(=O)(=O)N(C)C)ccc2n1C. The van der Waals surface area contributed by atoms with Crippen molar-refractivity contribution in [2.24, 2.45) is 7.05 Å². The Labute approximate surface area is 172 Å². The molecule has 0 spiro atoms. The van der Waals surface area contributed by atoms with Gasteiger partial charge in [-0.15, -0.1) is 0 Å². The van der Waals surface area contributed by atoms with Crippen LogP contribution in [-0.2, 0) is 23.5 Å². The molecule has 7 heteroatoms. The van der Waals surface area contributed by atoms with Crippen LogP contribution >= 0.6 is 0 Å². The van der Waals surface area contributed by atoms with Crippen LogP contribution < -0.4 is 5.32 Å². The van der Waals surface area contributed by atoms with Gasteiger partial charge in [0.05, 0.1) is 4.90 Å². The molecule has 2 aromatic carbocycles. The topological polar surface area (TPSA) is 71.4 Å². The molecule has 1 N–H and O–H groups in total. The monoisotopic (exact) mass is 413 g/mol. The number of nitrogens with one attached hydrogen (secondary N) is 1. The summed E-state index contributed by atoms with van der Waals surface area (Å²) in [5.74, 6) is -0.165. The van der Waals surface area contributed by atoms with Gasteiger partial charge in [-0.2, -0.15) is 0 Å². The number of hydrogen-bond donors (Lipinski definition) is 1. The average molecular weight is 414 g/mol. The Kier molecular flexibility index (Phi) is 6.10. The molecule has 0 radical (unpaired) electrons. The first-order valence-electron chi connectivity index (χ1n) is 9.57. The van der Waals surface area contributed by atoms with Crippen molar-refractivity contribution in [3.05, 3.63) is 65.9 Å². The van der Waals surface area contributed by atoms with Gasteiger partial charge in [0.25, 0.3) is 5.91 Å². The van der Waals surface area contributed by atoms with Crippen LogP contribution in [0.2, 0.25) is 0 Å². The molecule has 0 aliphatic heterocycles. The maximum atomic E-state index is 12.8. The summed E-state index contributed by atoms with van der Waals surface area (Å²) >= 11 is 0. The summed E-state index contributed by atoms with van der Waals surface area (Å²) in [6.45, 7) is 1.99. The molecule has 1 aromatic heterocycles. The minimum absolute atomic E-state index is 0.0189. The van der Waals surface area contributed by atoms with Crippen molar-refractivity contribution in [3.63, 3.8) is 0 Å². The number of benzene rings is 2. The molecule has 0 aliphatic rings. The number of carbonyl (C=O) groups excluding carboxylic acids is 1. The number of aromatic nitrogens is 1. The summed E-state index contributed by atoms with van der Waals surface area (Å²) in [6, 6.07) is 16.9. The molecule has 0 unspecified atom stereocenters. The predicted octanol–water partition coefficient (Wildman–Crippen LogP) is 3.18. The number of aryl methyl sites for hydroxylation is 2. The molecular formula is C22H27N3O3S. The Morgan fingerprint density at radius 2 is 1.79 bits per heavy atom. The summed E-state index contributed by atoms with van der Waals surface area (Å²) < 4.78 is 27.7. The quantitative estimate of drug-likeness (QED) is 0.647. The van der Waals surface area contributed by atoms with Crippen LogP contribution in [-0.4, -0.2) is 43.3 Å². The Bertz CT molecular complexity index is 1120. The standard InChI is InChI=1S/C22H27N3O3S/c1-16(10-11-17-8-6-5-7-9-17)23-22(26)21-15-18-14-19(29(27,28)24(2)3)12-13-20(18)25(21)4/h5-9,12-16H,10-11H2,1-4H3,(H,23,26)/t16-/m0/s1. The summed E-state index contributed by atoms with van der Waals surface area (Å²) in [5, 5.41) is 3.76. The minimum Gasteiger partial charge on any atom is -0.348 e. The van der Waals surface area contributed by atoms with Crippen LogP contribution in [0.3, 0.4) is 0 Å². The third-order valence-electron chi connectivity index (χ3n) is 5.11. The van der Waals surface area contributed by atoms with E-state index in [1.165, 1.54) is 24.0 Å². The van der Waals surface area contributed by atoms with Gasteiger partial charge >= 0.3 is 0 Å². The Morgan fingerprint density at radius 3 is 2.45 bits per heavy atom. The molecule has 6 nitrogen and oxygen atoms in total. The predicted molar refractivity (Wildman–Crippen MR) is 115 cm³/mol. The summed E-state index contributed by atoms with van der Waals surface area (Å²) in [7, 11) is 1.29. The van der Waals surface area contributed by atoms with E-state index in [-0.39, 0.29) is 16.8 Å². The second-order valence-electron chi connectivity index (χ2n) is 7.50. The van der Waals surface area contributed by atoms with Gasteiger partial charge in [0.1, 0.15) is 5.69 Å². The highest BCUT2D eigenvalue weighted by Gasteiger charge is 2.20. The number of nitrogens with zero attached hydrogens (tertiary/aromatic N) is 2. The highest BCUT2D eigenvalue weighted by Crippen LogP contribution is 2.24. The highest BCUT2D eigenvalue weighted by atomic mass is 32.2. The first-order chi connectivity index (χ1) is 13.7. The Hall–Kier alpha value is -2.64. The fraction of sp³-hybridized carbons (Fsp3) is 0.318. The first kappa shape index (κ1) is 21.1. The number of hydrogen-bond acceptors (Lipinski definition) is 3. The van der Waals surface area contributed by atoms with Crippen LogP contribution in [0.4, 0.5) is 0 Å². The average Bonchev–Trinajstić information content (AvgIpc) is 3.03. The van der Waals surface area contributed by atoms with Crippen molar-refractivity contribution in [3.8, 4) is 0 Å². The van der Waals surface area contributed by atoms with Crippen molar-refractivity contribution in [2.45, 2.75) is 30.7 Å². The van der Waals surface area contributed by atoms with Crippen molar-refractivity contribution < 1.29 is 13.2 Å². The number of amides is 1. The third kappa shape index (κ3) is 4.52. The molecule has 0 aliphatic carbocycles. The zero-order valence-corrected chi connectivity index (χ0v) is 18.0. The van der Waals surface area contributed by atoms with E-state index in [2.05, 4.69) is 17.4 Å². The molecular weight excluding hydrogens is 386 g/mol. The molecule has 3 rings (SSSR count).